The smallest absolute Gasteiger partial charge is 0.257 e. The van der Waals surface area contributed by atoms with Crippen molar-refractivity contribution in [3.05, 3.63) is 64.8 Å². The predicted molar refractivity (Wildman–Crippen MR) is 102 cm³/mol. The highest BCUT2D eigenvalue weighted by Crippen LogP contribution is 2.26. The number of rotatable bonds is 4. The number of benzene rings is 1. The van der Waals surface area contributed by atoms with Crippen LogP contribution in [0.15, 0.2) is 53.7 Å². The molecule has 0 radical (unpaired) electrons. The van der Waals surface area contributed by atoms with Gasteiger partial charge in [-0.2, -0.15) is 0 Å². The molecule has 1 fully saturated rings. The van der Waals surface area contributed by atoms with Crippen LogP contribution in [0.4, 0.5) is 0 Å². The summed E-state index contributed by atoms with van der Waals surface area (Å²) in [6.07, 6.45) is 10.3. The van der Waals surface area contributed by atoms with Gasteiger partial charge in [0.2, 0.25) is 0 Å². The van der Waals surface area contributed by atoms with Gasteiger partial charge >= 0.3 is 0 Å². The van der Waals surface area contributed by atoms with Crippen molar-refractivity contribution in [2.45, 2.75) is 25.7 Å². The van der Waals surface area contributed by atoms with E-state index >= 15 is 0 Å². The van der Waals surface area contributed by atoms with Crippen LogP contribution in [0, 0.1) is 0 Å². The fraction of sp³-hybridized carbons (Fsp3) is 0.333. The molecule has 0 saturated carbocycles. The fourth-order valence-electron chi connectivity index (χ4n) is 3.66. The Hall–Kier alpha value is -2.46. The van der Waals surface area contributed by atoms with Crippen molar-refractivity contribution in [2.24, 2.45) is 0 Å². The number of nitrogens with one attached hydrogen (secondary N) is 1. The topological polar surface area (TPSA) is 49.0 Å². The lowest BCUT2D eigenvalue weighted by Gasteiger charge is -2.26. The van der Waals surface area contributed by atoms with Crippen LogP contribution in [0.2, 0.25) is 0 Å². The van der Waals surface area contributed by atoms with Gasteiger partial charge in [-0.25, -0.2) is 0 Å². The summed E-state index contributed by atoms with van der Waals surface area (Å²) in [6, 6.07) is 10.6. The van der Waals surface area contributed by atoms with E-state index in [2.05, 4.69) is 39.1 Å². The molecule has 0 amide bonds. The minimum Gasteiger partial charge on any atom is -0.329 e. The third-order valence-corrected chi connectivity index (χ3v) is 5.13. The lowest BCUT2D eigenvalue weighted by atomic mass is 10.00. The number of hydrogen-bond donors (Lipinski definition) is 1. The summed E-state index contributed by atoms with van der Waals surface area (Å²) in [6.45, 7) is 3.63. The highest BCUT2D eigenvalue weighted by molar-refractivity contribution is 5.95. The lowest BCUT2D eigenvalue weighted by Crippen LogP contribution is -2.31. The Balaban J connectivity index is 1.54. The van der Waals surface area contributed by atoms with E-state index in [0.717, 1.165) is 29.5 Å². The number of pyridine rings is 2. The van der Waals surface area contributed by atoms with Crippen molar-refractivity contribution in [1.82, 2.24) is 14.9 Å². The SMILES string of the molecule is O=c1[nH]ccc2c(-c3ccc(CCN4CCCCC4)cc3)cncc12. The molecule has 1 aliphatic heterocycles. The van der Waals surface area contributed by atoms with Gasteiger partial charge in [-0.3, -0.25) is 9.78 Å². The van der Waals surface area contributed by atoms with E-state index in [0.29, 0.717) is 5.39 Å². The first-order valence-electron chi connectivity index (χ1n) is 9.08. The maximum Gasteiger partial charge on any atom is 0.257 e. The quantitative estimate of drug-likeness (QED) is 0.793. The summed E-state index contributed by atoms with van der Waals surface area (Å²) in [5.74, 6) is 0. The zero-order valence-corrected chi connectivity index (χ0v) is 14.4. The van der Waals surface area contributed by atoms with Gasteiger partial charge in [-0.05, 0) is 54.9 Å². The van der Waals surface area contributed by atoms with Crippen LogP contribution < -0.4 is 5.56 Å². The molecule has 1 aromatic carbocycles. The molecule has 0 bridgehead atoms. The molecule has 0 atom stereocenters. The van der Waals surface area contributed by atoms with Crippen molar-refractivity contribution in [1.29, 1.82) is 0 Å². The summed E-state index contributed by atoms with van der Waals surface area (Å²) in [5, 5.41) is 1.58. The highest BCUT2D eigenvalue weighted by atomic mass is 16.1. The van der Waals surface area contributed by atoms with Gasteiger partial charge in [0.1, 0.15) is 0 Å². The van der Waals surface area contributed by atoms with E-state index in [-0.39, 0.29) is 5.56 Å². The van der Waals surface area contributed by atoms with Gasteiger partial charge in [0, 0.05) is 30.7 Å². The Morgan fingerprint density at radius 2 is 1.76 bits per heavy atom. The standard InChI is InChI=1S/C21H23N3O/c25-21-20-15-22-14-19(18(20)8-10-23-21)17-6-4-16(5-7-17)9-13-24-11-2-1-3-12-24/h4-8,10,14-15H,1-3,9,11-13H2,(H,23,25). The summed E-state index contributed by atoms with van der Waals surface area (Å²) in [7, 11) is 0. The lowest BCUT2D eigenvalue weighted by molar-refractivity contribution is 0.231. The third kappa shape index (κ3) is 3.49. The molecule has 25 heavy (non-hydrogen) atoms. The first-order valence-corrected chi connectivity index (χ1v) is 9.08. The fourth-order valence-corrected chi connectivity index (χ4v) is 3.66. The maximum absolute atomic E-state index is 12.0. The van der Waals surface area contributed by atoms with Crippen molar-refractivity contribution in [3.8, 4) is 11.1 Å². The summed E-state index contributed by atoms with van der Waals surface area (Å²) >= 11 is 0. The maximum atomic E-state index is 12.0. The molecule has 3 aromatic rings. The Morgan fingerprint density at radius 3 is 2.56 bits per heavy atom. The van der Waals surface area contributed by atoms with Gasteiger partial charge < -0.3 is 9.88 Å². The molecule has 4 heteroatoms. The minimum atomic E-state index is -0.0926. The molecular formula is C21H23N3O. The Labute approximate surface area is 147 Å². The van der Waals surface area contributed by atoms with Crippen LogP contribution in [0.3, 0.4) is 0 Å². The molecule has 4 nitrogen and oxygen atoms in total. The van der Waals surface area contributed by atoms with Crippen LogP contribution in [0.1, 0.15) is 24.8 Å². The molecule has 2 aromatic heterocycles. The molecule has 0 aliphatic carbocycles. The van der Waals surface area contributed by atoms with E-state index in [1.165, 1.54) is 37.9 Å². The second kappa shape index (κ2) is 7.19. The number of aromatic nitrogens is 2. The molecule has 0 unspecified atom stereocenters. The number of nitrogens with zero attached hydrogens (tertiary/aromatic N) is 2. The van der Waals surface area contributed by atoms with E-state index in [1.807, 2.05) is 12.3 Å². The number of fused-ring (bicyclic) bond motifs is 1. The van der Waals surface area contributed by atoms with Crippen molar-refractivity contribution in [3.63, 3.8) is 0 Å². The van der Waals surface area contributed by atoms with Crippen LogP contribution in [0.5, 0.6) is 0 Å². The van der Waals surface area contributed by atoms with Crippen LogP contribution in [0.25, 0.3) is 21.9 Å². The molecular weight excluding hydrogens is 310 g/mol. The number of likely N-dealkylation sites (tertiary alicyclic amines) is 1. The van der Waals surface area contributed by atoms with Crippen LogP contribution >= 0.6 is 0 Å². The van der Waals surface area contributed by atoms with E-state index < -0.39 is 0 Å². The van der Waals surface area contributed by atoms with Gasteiger partial charge in [0.25, 0.3) is 5.56 Å². The van der Waals surface area contributed by atoms with Crippen molar-refractivity contribution < 1.29 is 0 Å². The Morgan fingerprint density at radius 1 is 0.960 bits per heavy atom. The Bertz CT molecular complexity index is 908. The number of hydrogen-bond acceptors (Lipinski definition) is 3. The summed E-state index contributed by atoms with van der Waals surface area (Å²) in [4.78, 5) is 21.5. The van der Waals surface area contributed by atoms with E-state index in [1.54, 1.807) is 12.4 Å². The Kier molecular flexibility index (Phi) is 4.61. The van der Waals surface area contributed by atoms with Gasteiger partial charge in [0.15, 0.2) is 0 Å². The second-order valence-electron chi connectivity index (χ2n) is 6.80. The zero-order valence-electron chi connectivity index (χ0n) is 14.4. The van der Waals surface area contributed by atoms with E-state index in [4.69, 9.17) is 0 Å². The number of H-pyrrole nitrogens is 1. The normalized spacial score (nSPS) is 15.5. The molecule has 1 N–H and O–H groups in total. The van der Waals surface area contributed by atoms with Crippen molar-refractivity contribution in [2.75, 3.05) is 19.6 Å². The molecule has 4 rings (SSSR count). The average molecular weight is 333 g/mol. The average Bonchev–Trinajstić information content (AvgIpc) is 2.68. The first-order chi connectivity index (χ1) is 12.3. The molecule has 128 valence electrons. The van der Waals surface area contributed by atoms with Gasteiger partial charge in [-0.15, -0.1) is 0 Å². The number of piperidine rings is 1. The summed E-state index contributed by atoms with van der Waals surface area (Å²) in [5.41, 5.74) is 3.38. The molecule has 3 heterocycles. The molecule has 1 aliphatic rings. The van der Waals surface area contributed by atoms with E-state index in [9.17, 15) is 4.79 Å². The van der Waals surface area contributed by atoms with Crippen molar-refractivity contribution >= 4 is 10.8 Å². The molecule has 1 saturated heterocycles. The van der Waals surface area contributed by atoms with Crippen LogP contribution in [-0.4, -0.2) is 34.5 Å². The largest absolute Gasteiger partial charge is 0.329 e. The summed E-state index contributed by atoms with van der Waals surface area (Å²) < 4.78 is 0. The third-order valence-electron chi connectivity index (χ3n) is 5.13. The number of aromatic amines is 1. The molecule has 0 spiro atoms. The predicted octanol–water partition coefficient (Wildman–Crippen LogP) is 3.62. The van der Waals surface area contributed by atoms with Gasteiger partial charge in [0.05, 0.1) is 5.39 Å². The first kappa shape index (κ1) is 16.0. The zero-order chi connectivity index (χ0) is 17.1. The van der Waals surface area contributed by atoms with Gasteiger partial charge in [-0.1, -0.05) is 30.7 Å². The second-order valence-corrected chi connectivity index (χ2v) is 6.80. The minimum absolute atomic E-state index is 0.0926. The highest BCUT2D eigenvalue weighted by Gasteiger charge is 2.10. The monoisotopic (exact) mass is 333 g/mol. The van der Waals surface area contributed by atoms with Crippen LogP contribution in [-0.2, 0) is 6.42 Å².